The van der Waals surface area contributed by atoms with Crippen LogP contribution in [0.5, 0.6) is 5.88 Å². The van der Waals surface area contributed by atoms with Crippen molar-refractivity contribution in [1.82, 2.24) is 4.98 Å². The van der Waals surface area contributed by atoms with E-state index in [9.17, 15) is 0 Å². The normalized spacial score (nSPS) is 10.0. The first kappa shape index (κ1) is 12.5. The van der Waals surface area contributed by atoms with Crippen LogP contribution < -0.4 is 10.5 Å². The van der Waals surface area contributed by atoms with Gasteiger partial charge in [0.1, 0.15) is 4.99 Å². The van der Waals surface area contributed by atoms with Gasteiger partial charge in [-0.15, -0.1) is 0 Å². The van der Waals surface area contributed by atoms with Gasteiger partial charge in [0, 0.05) is 24.2 Å². The van der Waals surface area contributed by atoms with Gasteiger partial charge < -0.3 is 10.5 Å². The Bertz CT molecular complexity index is 528. The van der Waals surface area contributed by atoms with Gasteiger partial charge in [0.15, 0.2) is 0 Å². The van der Waals surface area contributed by atoms with Crippen molar-refractivity contribution >= 4 is 17.2 Å². The monoisotopic (exact) mass is 258 g/mol. The lowest BCUT2D eigenvalue weighted by molar-refractivity contribution is 0.309. The van der Waals surface area contributed by atoms with Crippen molar-refractivity contribution in [2.24, 2.45) is 5.73 Å². The van der Waals surface area contributed by atoms with E-state index < -0.39 is 0 Å². The quantitative estimate of drug-likeness (QED) is 0.836. The molecule has 0 aliphatic rings. The average Bonchev–Trinajstić information content (AvgIpc) is 2.40. The Morgan fingerprint density at radius 1 is 1.22 bits per heavy atom. The van der Waals surface area contributed by atoms with Crippen LogP contribution in [0.25, 0.3) is 0 Å². The summed E-state index contributed by atoms with van der Waals surface area (Å²) in [5.74, 6) is 0.552. The van der Waals surface area contributed by atoms with Crippen LogP contribution in [0, 0.1) is 0 Å². The van der Waals surface area contributed by atoms with E-state index in [4.69, 9.17) is 22.7 Å². The average molecular weight is 258 g/mol. The van der Waals surface area contributed by atoms with Crippen LogP contribution in [0.3, 0.4) is 0 Å². The van der Waals surface area contributed by atoms with Crippen LogP contribution in [-0.4, -0.2) is 16.6 Å². The van der Waals surface area contributed by atoms with Gasteiger partial charge in [-0.1, -0.05) is 42.5 Å². The van der Waals surface area contributed by atoms with E-state index in [1.165, 1.54) is 5.56 Å². The summed E-state index contributed by atoms with van der Waals surface area (Å²) in [7, 11) is 0. The molecule has 0 saturated carbocycles. The summed E-state index contributed by atoms with van der Waals surface area (Å²) >= 11 is 4.91. The predicted octanol–water partition coefficient (Wildman–Crippen LogP) is 2.34. The fourth-order valence-electron chi connectivity index (χ4n) is 1.56. The molecule has 1 aromatic heterocycles. The largest absolute Gasteiger partial charge is 0.477 e. The van der Waals surface area contributed by atoms with Crippen LogP contribution in [0.15, 0.2) is 48.7 Å². The van der Waals surface area contributed by atoms with E-state index in [1.807, 2.05) is 18.2 Å². The summed E-state index contributed by atoms with van der Waals surface area (Å²) in [6.07, 6.45) is 2.49. The zero-order valence-corrected chi connectivity index (χ0v) is 10.7. The summed E-state index contributed by atoms with van der Waals surface area (Å²) in [5.41, 5.74) is 7.56. The van der Waals surface area contributed by atoms with Crippen LogP contribution in [-0.2, 0) is 6.42 Å². The molecule has 2 rings (SSSR count). The van der Waals surface area contributed by atoms with E-state index in [2.05, 4.69) is 17.1 Å². The maximum Gasteiger partial charge on any atom is 0.213 e. The second-order valence-corrected chi connectivity index (χ2v) is 4.27. The molecular weight excluding hydrogens is 244 g/mol. The van der Waals surface area contributed by atoms with Crippen LogP contribution in [0.2, 0.25) is 0 Å². The van der Waals surface area contributed by atoms with Crippen LogP contribution >= 0.6 is 12.2 Å². The number of nitrogens with two attached hydrogens (primary N) is 1. The van der Waals surface area contributed by atoms with Gasteiger partial charge in [-0.3, -0.25) is 0 Å². The number of benzene rings is 1. The molecule has 1 heterocycles. The lowest BCUT2D eigenvalue weighted by Gasteiger charge is -2.06. The van der Waals surface area contributed by atoms with Gasteiger partial charge in [0.05, 0.1) is 6.61 Å². The molecular formula is C14H14N2OS. The molecule has 0 amide bonds. The van der Waals surface area contributed by atoms with E-state index in [0.29, 0.717) is 17.5 Å². The van der Waals surface area contributed by atoms with Crippen molar-refractivity contribution < 1.29 is 4.74 Å². The lowest BCUT2D eigenvalue weighted by Crippen LogP contribution is -2.10. The molecule has 0 unspecified atom stereocenters. The minimum Gasteiger partial charge on any atom is -0.477 e. The third-order valence-corrected chi connectivity index (χ3v) is 2.74. The first-order valence-corrected chi connectivity index (χ1v) is 6.09. The highest BCUT2D eigenvalue weighted by atomic mass is 32.1. The molecule has 92 valence electrons. The highest BCUT2D eigenvalue weighted by molar-refractivity contribution is 7.80. The van der Waals surface area contributed by atoms with Crippen LogP contribution in [0.4, 0.5) is 0 Å². The Morgan fingerprint density at radius 2 is 2.00 bits per heavy atom. The zero-order valence-electron chi connectivity index (χ0n) is 9.87. The molecule has 0 saturated heterocycles. The van der Waals surface area contributed by atoms with Crippen molar-refractivity contribution in [3.05, 3.63) is 59.8 Å². The molecule has 0 spiro atoms. The topological polar surface area (TPSA) is 48.1 Å². The zero-order chi connectivity index (χ0) is 12.8. The molecule has 0 radical (unpaired) electrons. The Hall–Kier alpha value is -1.94. The highest BCUT2D eigenvalue weighted by Gasteiger charge is 2.00. The number of thiocarbonyl (C=S) groups is 1. The van der Waals surface area contributed by atoms with Gasteiger partial charge in [-0.2, -0.15) is 0 Å². The molecule has 0 atom stereocenters. The second-order valence-electron chi connectivity index (χ2n) is 3.83. The van der Waals surface area contributed by atoms with Gasteiger partial charge in [0.2, 0.25) is 5.88 Å². The van der Waals surface area contributed by atoms with Crippen molar-refractivity contribution in [1.29, 1.82) is 0 Å². The maximum atomic E-state index is 5.57. The smallest absolute Gasteiger partial charge is 0.213 e. The molecule has 2 N–H and O–H groups in total. The summed E-state index contributed by atoms with van der Waals surface area (Å²) < 4.78 is 5.57. The summed E-state index contributed by atoms with van der Waals surface area (Å²) in [6, 6.07) is 13.7. The molecule has 0 bridgehead atoms. The van der Waals surface area contributed by atoms with E-state index in [0.717, 1.165) is 12.0 Å². The third kappa shape index (κ3) is 3.53. The van der Waals surface area contributed by atoms with Crippen molar-refractivity contribution in [3.63, 3.8) is 0 Å². The molecule has 2 aromatic rings. The first-order valence-electron chi connectivity index (χ1n) is 5.68. The number of nitrogens with zero attached hydrogens (tertiary/aromatic N) is 1. The van der Waals surface area contributed by atoms with Crippen molar-refractivity contribution in [2.45, 2.75) is 6.42 Å². The molecule has 0 aliphatic heterocycles. The molecule has 3 nitrogen and oxygen atoms in total. The van der Waals surface area contributed by atoms with Gasteiger partial charge in [0.25, 0.3) is 0 Å². The fraction of sp³-hybridized carbons (Fsp3) is 0.143. The highest BCUT2D eigenvalue weighted by Crippen LogP contribution is 2.10. The minimum absolute atomic E-state index is 0.352. The number of hydrogen-bond donors (Lipinski definition) is 1. The Labute approximate surface area is 112 Å². The van der Waals surface area contributed by atoms with Gasteiger partial charge >= 0.3 is 0 Å². The summed E-state index contributed by atoms with van der Waals surface area (Å²) in [4.78, 5) is 4.47. The molecule has 18 heavy (non-hydrogen) atoms. The SMILES string of the molecule is NC(=S)c1ccnc(OCCc2ccccc2)c1. The Morgan fingerprint density at radius 3 is 2.72 bits per heavy atom. The fourth-order valence-corrected chi connectivity index (χ4v) is 1.69. The van der Waals surface area contributed by atoms with E-state index >= 15 is 0 Å². The van der Waals surface area contributed by atoms with Gasteiger partial charge in [-0.25, -0.2) is 4.98 Å². The van der Waals surface area contributed by atoms with Crippen molar-refractivity contribution in [3.8, 4) is 5.88 Å². The van der Waals surface area contributed by atoms with E-state index in [1.54, 1.807) is 18.3 Å². The number of aromatic nitrogens is 1. The van der Waals surface area contributed by atoms with Gasteiger partial charge in [-0.05, 0) is 11.6 Å². The number of pyridine rings is 1. The minimum atomic E-state index is 0.352. The number of ether oxygens (including phenoxy) is 1. The second kappa shape index (κ2) is 6.12. The Balaban J connectivity index is 1.90. The van der Waals surface area contributed by atoms with Crippen LogP contribution in [0.1, 0.15) is 11.1 Å². The predicted molar refractivity (Wildman–Crippen MR) is 75.8 cm³/mol. The standard InChI is InChI=1S/C14H14N2OS/c15-14(18)12-6-8-16-13(10-12)17-9-7-11-4-2-1-3-5-11/h1-6,8,10H,7,9H2,(H2,15,18). The summed E-state index contributed by atoms with van der Waals surface area (Å²) in [5, 5.41) is 0. The number of hydrogen-bond acceptors (Lipinski definition) is 3. The molecule has 1 aromatic carbocycles. The third-order valence-electron chi connectivity index (χ3n) is 2.50. The first-order chi connectivity index (χ1) is 8.75. The van der Waals surface area contributed by atoms with E-state index in [-0.39, 0.29) is 0 Å². The summed E-state index contributed by atoms with van der Waals surface area (Å²) in [6.45, 7) is 0.581. The number of rotatable bonds is 5. The molecule has 0 aliphatic carbocycles. The molecule has 0 fully saturated rings. The Kier molecular flexibility index (Phi) is 4.25. The maximum absolute atomic E-state index is 5.57. The molecule has 4 heteroatoms. The van der Waals surface area contributed by atoms with Crippen molar-refractivity contribution in [2.75, 3.05) is 6.61 Å². The lowest BCUT2D eigenvalue weighted by atomic mass is 10.2.